The maximum atomic E-state index is 0. The van der Waals surface area contributed by atoms with Gasteiger partial charge in [-0.25, -0.2) is 0 Å². The van der Waals surface area contributed by atoms with Crippen molar-refractivity contribution in [1.82, 2.24) is 0 Å². The van der Waals surface area contributed by atoms with Gasteiger partial charge in [0.2, 0.25) is 0 Å². The van der Waals surface area contributed by atoms with Crippen molar-refractivity contribution in [3.63, 3.8) is 0 Å². The van der Waals surface area contributed by atoms with Crippen molar-refractivity contribution in [3.8, 4) is 0 Å². The zero-order chi connectivity index (χ0) is 0. The second-order valence-electron chi connectivity index (χ2n) is 0. The first-order valence-corrected chi connectivity index (χ1v) is 0. The molecule has 0 aromatic heterocycles. The summed E-state index contributed by atoms with van der Waals surface area (Å²) in [6, 6.07) is 0. The summed E-state index contributed by atoms with van der Waals surface area (Å²) in [6.45, 7) is 0. The van der Waals surface area contributed by atoms with Crippen LogP contribution in [0.1, 0.15) is 0 Å². The minimum atomic E-state index is 0. The van der Waals surface area contributed by atoms with E-state index in [1.54, 1.807) is 0 Å². The third kappa shape index (κ3) is 9.26. The Bertz CT molecular complexity index is 3.25. The zero-order valence-electron chi connectivity index (χ0n) is 1.72. The molecule has 0 aliphatic heterocycles. The van der Waals surface area contributed by atoms with E-state index in [-0.39, 0.29) is 63.4 Å². The molecule has 4 heteroatoms. The van der Waals surface area contributed by atoms with Gasteiger partial charge in [0.1, 0.15) is 0 Å². The molecular weight excluding hydrogens is 198 g/mol. The monoisotopic (exact) mass is 198 g/mol. The van der Waals surface area contributed by atoms with Crippen LogP contribution >= 0.6 is 37.2 Å². The Morgan fingerprint density at radius 2 is 0.500 bits per heavy atom. The summed E-state index contributed by atoms with van der Waals surface area (Å²) >= 11 is 0. The average Bonchev–Trinajstić information content (AvgIpc) is 0. The fourth-order valence-corrected chi connectivity index (χ4v) is 0. The van der Waals surface area contributed by atoms with E-state index in [9.17, 15) is 0 Å². The van der Waals surface area contributed by atoms with Crippen LogP contribution < -0.4 is 0 Å². The van der Waals surface area contributed by atoms with E-state index >= 15 is 0 Å². The van der Waals surface area contributed by atoms with Crippen LogP contribution in [0.4, 0.5) is 0 Å². The molecule has 0 spiro atoms. The molecule has 0 unspecified atom stereocenters. The Kier molecular flexibility index (Phi) is 230. The molecule has 0 heterocycles. The molecule has 0 saturated carbocycles. The Balaban J connectivity index is 0. The predicted octanol–water partition coefficient (Wildman–Crippen LogP) is 1.26. The maximum absolute atomic E-state index is 0. The van der Waals surface area contributed by atoms with Gasteiger partial charge in [0, 0.05) is 26.2 Å². The maximum Gasteiger partial charge on any atom is 0 e. The standard InChI is InChI=1S/3ClH.Zr/h3*1H;. The van der Waals surface area contributed by atoms with Gasteiger partial charge in [-0.15, -0.1) is 37.2 Å². The Morgan fingerprint density at radius 3 is 0.500 bits per heavy atom. The molecule has 28 valence electrons. The van der Waals surface area contributed by atoms with Crippen molar-refractivity contribution in [2.75, 3.05) is 0 Å². The fourth-order valence-electron chi connectivity index (χ4n) is 0. The van der Waals surface area contributed by atoms with Gasteiger partial charge < -0.3 is 0 Å². The first kappa shape index (κ1) is 42.3. The van der Waals surface area contributed by atoms with Crippen LogP contribution in [0.2, 0.25) is 0 Å². The summed E-state index contributed by atoms with van der Waals surface area (Å²) in [5, 5.41) is 0. The van der Waals surface area contributed by atoms with E-state index in [4.69, 9.17) is 0 Å². The Hall–Kier alpha value is 1.75. The van der Waals surface area contributed by atoms with Crippen molar-refractivity contribution >= 4 is 37.2 Å². The quantitative estimate of drug-likeness (QED) is 0.553. The molecule has 0 saturated heterocycles. The van der Waals surface area contributed by atoms with Crippen LogP contribution in [-0.2, 0) is 26.2 Å². The van der Waals surface area contributed by atoms with Crippen molar-refractivity contribution in [2.45, 2.75) is 0 Å². The molecule has 0 amide bonds. The second kappa shape index (κ2) is 21.8. The largest absolute Gasteiger partial charge is 0.147 e. The van der Waals surface area contributed by atoms with Gasteiger partial charge in [-0.05, 0) is 0 Å². The summed E-state index contributed by atoms with van der Waals surface area (Å²) in [7, 11) is 0. The molecule has 0 rings (SSSR count). The van der Waals surface area contributed by atoms with Crippen LogP contribution in [0.15, 0.2) is 0 Å². The minimum absolute atomic E-state index is 0. The van der Waals surface area contributed by atoms with Gasteiger partial charge >= 0.3 is 0 Å². The van der Waals surface area contributed by atoms with E-state index in [0.29, 0.717) is 0 Å². The first-order valence-electron chi connectivity index (χ1n) is 0. The van der Waals surface area contributed by atoms with Crippen LogP contribution in [0.25, 0.3) is 0 Å². The van der Waals surface area contributed by atoms with E-state index in [0.717, 1.165) is 0 Å². The molecule has 0 aromatic rings. The van der Waals surface area contributed by atoms with Crippen molar-refractivity contribution in [3.05, 3.63) is 0 Å². The summed E-state index contributed by atoms with van der Waals surface area (Å²) in [5.74, 6) is 0. The molecule has 0 radical (unpaired) electrons. The minimum Gasteiger partial charge on any atom is -0.147 e. The third-order valence-corrected chi connectivity index (χ3v) is 0. The molecule has 0 bridgehead atoms. The molecule has 4 heavy (non-hydrogen) atoms. The van der Waals surface area contributed by atoms with E-state index in [1.165, 1.54) is 0 Å². The molecule has 0 atom stereocenters. The number of rotatable bonds is 0. The van der Waals surface area contributed by atoms with Gasteiger partial charge in [-0.3, -0.25) is 0 Å². The Labute approximate surface area is 63.1 Å². The molecule has 0 aromatic carbocycles. The summed E-state index contributed by atoms with van der Waals surface area (Å²) in [5.41, 5.74) is 0. The summed E-state index contributed by atoms with van der Waals surface area (Å²) in [6.07, 6.45) is 0. The molecule has 0 nitrogen and oxygen atoms in total. The van der Waals surface area contributed by atoms with Crippen LogP contribution in [0.5, 0.6) is 0 Å². The molecule has 0 N–H and O–H groups in total. The van der Waals surface area contributed by atoms with Crippen molar-refractivity contribution in [2.24, 2.45) is 0 Å². The van der Waals surface area contributed by atoms with Crippen molar-refractivity contribution in [1.29, 1.82) is 0 Å². The van der Waals surface area contributed by atoms with Crippen LogP contribution in [0.3, 0.4) is 0 Å². The summed E-state index contributed by atoms with van der Waals surface area (Å²) < 4.78 is 0. The van der Waals surface area contributed by atoms with E-state index < -0.39 is 0 Å². The normalized spacial score (nSPS) is 0. The fraction of sp³-hybridized carbons (Fsp3) is 0. The molecule has 0 aliphatic rings. The Morgan fingerprint density at radius 1 is 0.500 bits per heavy atom. The van der Waals surface area contributed by atoms with Gasteiger partial charge in [0.25, 0.3) is 0 Å². The zero-order valence-corrected chi connectivity index (χ0v) is 6.63. The van der Waals surface area contributed by atoms with E-state index in [2.05, 4.69) is 0 Å². The van der Waals surface area contributed by atoms with Gasteiger partial charge in [-0.1, -0.05) is 0 Å². The van der Waals surface area contributed by atoms with Gasteiger partial charge in [-0.2, -0.15) is 0 Å². The molecule has 0 aliphatic carbocycles. The van der Waals surface area contributed by atoms with E-state index in [1.807, 2.05) is 0 Å². The number of hydrogen-bond acceptors (Lipinski definition) is 0. The topological polar surface area (TPSA) is 0 Å². The number of hydrogen-bond donors (Lipinski definition) is 0. The second-order valence-corrected chi connectivity index (χ2v) is 0. The van der Waals surface area contributed by atoms with Crippen LogP contribution in [0, 0.1) is 0 Å². The molecular formula is H3Cl3Zr. The van der Waals surface area contributed by atoms with Crippen LogP contribution in [-0.4, -0.2) is 0 Å². The van der Waals surface area contributed by atoms with Gasteiger partial charge in [0.05, 0.1) is 0 Å². The molecule has 0 fully saturated rings. The SMILES string of the molecule is Cl.Cl.Cl.[Zr]. The van der Waals surface area contributed by atoms with Gasteiger partial charge in [0.15, 0.2) is 0 Å². The smallest absolute Gasteiger partial charge is 0 e. The number of halogens is 3. The third-order valence-electron chi connectivity index (χ3n) is 0. The average molecular weight is 201 g/mol. The summed E-state index contributed by atoms with van der Waals surface area (Å²) in [4.78, 5) is 0. The first-order chi connectivity index (χ1) is 0. The van der Waals surface area contributed by atoms with Crippen molar-refractivity contribution < 1.29 is 26.2 Å². The predicted molar refractivity (Wildman–Crippen MR) is 21.7 cm³/mol.